The minimum absolute atomic E-state index is 0.0592. The van der Waals surface area contributed by atoms with Gasteiger partial charge in [0.05, 0.1) is 29.8 Å². The number of fused-ring (bicyclic) bond motifs is 1. The van der Waals surface area contributed by atoms with Gasteiger partial charge in [-0.2, -0.15) is 0 Å². The van der Waals surface area contributed by atoms with Gasteiger partial charge in [-0.15, -0.1) is 0 Å². The van der Waals surface area contributed by atoms with E-state index in [-0.39, 0.29) is 22.2 Å². The van der Waals surface area contributed by atoms with Gasteiger partial charge in [-0.25, -0.2) is 23.0 Å². The third-order valence-corrected chi connectivity index (χ3v) is 8.32. The Hall–Kier alpha value is -4.94. The first kappa shape index (κ1) is 26.3. The number of benzene rings is 3. The van der Waals surface area contributed by atoms with E-state index in [1.165, 1.54) is 16.8 Å². The minimum Gasteiger partial charge on any atom is -0.383 e. The molecule has 0 atom stereocenters. The Morgan fingerprint density at radius 2 is 1.56 bits per heavy atom. The molecule has 12 heteroatoms. The number of ether oxygens (including phenoxy) is 1. The fourth-order valence-corrected chi connectivity index (χ4v) is 5.98. The second kappa shape index (κ2) is 10.6. The van der Waals surface area contributed by atoms with Crippen LogP contribution < -0.4 is 26.6 Å². The monoisotopic (exact) mass is 569 g/mol. The molecule has 5 aromatic rings. The van der Waals surface area contributed by atoms with Gasteiger partial charge in [-0.3, -0.25) is 9.52 Å². The lowest BCUT2D eigenvalue weighted by atomic mass is 10.1. The molecule has 3 aromatic carbocycles. The Morgan fingerprint density at radius 3 is 2.29 bits per heavy atom. The Kier molecular flexibility index (Phi) is 6.77. The molecular weight excluding hydrogens is 542 g/mol. The molecular formula is C29H27N7O4S. The summed E-state index contributed by atoms with van der Waals surface area (Å²) < 4.78 is 35.5. The van der Waals surface area contributed by atoms with Gasteiger partial charge >= 0.3 is 0 Å². The van der Waals surface area contributed by atoms with E-state index in [0.29, 0.717) is 46.6 Å². The van der Waals surface area contributed by atoms with Gasteiger partial charge in [-0.05, 0) is 60.2 Å². The molecule has 208 valence electrons. The lowest BCUT2D eigenvalue weighted by Gasteiger charge is -2.29. The van der Waals surface area contributed by atoms with Gasteiger partial charge in [0.25, 0.3) is 15.6 Å². The standard InChI is InChI=1S/C29H27N7O4S/c30-27-26(41(38,39)34-21-4-2-1-3-5-21)17-20(18-32-27)19-6-11-25-24(16-19)28(37)36(29(31)33-25)23-9-7-22(8-10-23)35-12-14-40-15-13-35/h1-11,16-18,34H,12-15H2,(H2,30,32)(H2,31,33). The maximum atomic E-state index is 13.7. The molecule has 0 aliphatic carbocycles. The number of morpholine rings is 1. The van der Waals surface area contributed by atoms with Crippen molar-refractivity contribution in [2.24, 2.45) is 0 Å². The summed E-state index contributed by atoms with van der Waals surface area (Å²) in [7, 11) is -4.03. The number of nitrogen functional groups attached to an aromatic ring is 2. The second-order valence-electron chi connectivity index (χ2n) is 9.54. The van der Waals surface area contributed by atoms with Crippen molar-refractivity contribution in [1.29, 1.82) is 0 Å². The van der Waals surface area contributed by atoms with Crippen molar-refractivity contribution in [3.63, 3.8) is 0 Å². The topological polar surface area (TPSA) is 158 Å². The molecule has 0 radical (unpaired) electrons. The molecule has 0 saturated carbocycles. The van der Waals surface area contributed by atoms with E-state index in [1.807, 2.05) is 24.3 Å². The molecule has 2 aromatic heterocycles. The Bertz CT molecular complexity index is 1900. The number of para-hydroxylation sites is 1. The SMILES string of the molecule is Nc1ncc(-c2ccc3nc(N)n(-c4ccc(N5CCOCC5)cc4)c(=O)c3c2)cc1S(=O)(=O)Nc1ccccc1. The molecule has 1 saturated heterocycles. The van der Waals surface area contributed by atoms with Gasteiger partial charge in [0.15, 0.2) is 0 Å². The highest BCUT2D eigenvalue weighted by atomic mass is 32.2. The Morgan fingerprint density at radius 1 is 0.854 bits per heavy atom. The first-order valence-electron chi connectivity index (χ1n) is 12.9. The summed E-state index contributed by atoms with van der Waals surface area (Å²) in [5.41, 5.74) is 15.3. The van der Waals surface area contributed by atoms with Crippen LogP contribution in [0.25, 0.3) is 27.7 Å². The van der Waals surface area contributed by atoms with Crippen LogP contribution in [0.15, 0.2) is 94.7 Å². The maximum Gasteiger partial charge on any atom is 0.267 e. The quantitative estimate of drug-likeness (QED) is 0.279. The first-order chi connectivity index (χ1) is 19.8. The molecule has 1 aliphatic rings. The number of nitrogens with one attached hydrogen (secondary N) is 1. The number of hydrogen-bond acceptors (Lipinski definition) is 9. The lowest BCUT2D eigenvalue weighted by molar-refractivity contribution is 0.122. The maximum absolute atomic E-state index is 13.7. The molecule has 1 fully saturated rings. The molecule has 0 spiro atoms. The summed E-state index contributed by atoms with van der Waals surface area (Å²) in [5, 5.41) is 0.317. The van der Waals surface area contributed by atoms with Crippen LogP contribution in [0.3, 0.4) is 0 Å². The first-order valence-corrected chi connectivity index (χ1v) is 14.4. The van der Waals surface area contributed by atoms with E-state index >= 15 is 0 Å². The van der Waals surface area contributed by atoms with Crippen LogP contribution in [0.4, 0.5) is 23.1 Å². The normalized spacial score (nSPS) is 13.8. The largest absolute Gasteiger partial charge is 0.383 e. The van der Waals surface area contributed by atoms with E-state index in [4.69, 9.17) is 16.2 Å². The smallest absolute Gasteiger partial charge is 0.267 e. The van der Waals surface area contributed by atoms with Gasteiger partial charge in [0.2, 0.25) is 5.95 Å². The molecule has 3 heterocycles. The summed E-state index contributed by atoms with van der Waals surface area (Å²) >= 11 is 0. The van der Waals surface area contributed by atoms with Crippen LogP contribution in [-0.4, -0.2) is 49.3 Å². The number of sulfonamides is 1. The number of rotatable bonds is 6. The van der Waals surface area contributed by atoms with Crippen LogP contribution in [0.5, 0.6) is 0 Å². The average Bonchev–Trinajstić information content (AvgIpc) is 2.98. The minimum atomic E-state index is -4.03. The van der Waals surface area contributed by atoms with Gasteiger partial charge in [0, 0.05) is 36.2 Å². The highest BCUT2D eigenvalue weighted by Crippen LogP contribution is 2.28. The number of hydrogen-bond donors (Lipinski definition) is 3. The second-order valence-corrected chi connectivity index (χ2v) is 11.2. The molecule has 6 rings (SSSR count). The summed E-state index contributed by atoms with van der Waals surface area (Å²) in [5.74, 6) is -0.0841. The van der Waals surface area contributed by atoms with Crippen molar-refractivity contribution in [3.05, 3.63) is 95.4 Å². The van der Waals surface area contributed by atoms with Crippen molar-refractivity contribution in [2.75, 3.05) is 47.4 Å². The van der Waals surface area contributed by atoms with Crippen molar-refractivity contribution < 1.29 is 13.2 Å². The molecule has 0 unspecified atom stereocenters. The predicted octanol–water partition coefficient (Wildman–Crippen LogP) is 3.25. The number of pyridine rings is 1. The predicted molar refractivity (Wildman–Crippen MR) is 160 cm³/mol. The zero-order chi connectivity index (χ0) is 28.6. The number of anilines is 4. The van der Waals surface area contributed by atoms with E-state index in [2.05, 4.69) is 19.6 Å². The lowest BCUT2D eigenvalue weighted by Crippen LogP contribution is -2.36. The fourth-order valence-electron chi connectivity index (χ4n) is 4.81. The summed E-state index contributed by atoms with van der Waals surface area (Å²) in [6.45, 7) is 2.94. The molecule has 0 bridgehead atoms. The molecule has 41 heavy (non-hydrogen) atoms. The zero-order valence-corrected chi connectivity index (χ0v) is 22.7. The third-order valence-electron chi connectivity index (χ3n) is 6.91. The van der Waals surface area contributed by atoms with E-state index in [0.717, 1.165) is 18.8 Å². The van der Waals surface area contributed by atoms with Crippen molar-refractivity contribution in [2.45, 2.75) is 4.90 Å². The van der Waals surface area contributed by atoms with Crippen molar-refractivity contribution >= 4 is 44.1 Å². The summed E-state index contributed by atoms with van der Waals surface area (Å²) in [6.07, 6.45) is 1.46. The van der Waals surface area contributed by atoms with Gasteiger partial charge in [0.1, 0.15) is 10.7 Å². The number of aromatic nitrogens is 3. The highest BCUT2D eigenvalue weighted by Gasteiger charge is 2.21. The van der Waals surface area contributed by atoms with Crippen LogP contribution in [0.1, 0.15) is 0 Å². The zero-order valence-electron chi connectivity index (χ0n) is 21.9. The van der Waals surface area contributed by atoms with E-state index < -0.39 is 10.0 Å². The summed E-state index contributed by atoms with van der Waals surface area (Å²) in [4.78, 5) is 24.3. The third kappa shape index (κ3) is 5.17. The number of nitrogens with two attached hydrogens (primary N) is 2. The van der Waals surface area contributed by atoms with Crippen molar-refractivity contribution in [3.8, 4) is 16.8 Å². The van der Waals surface area contributed by atoms with E-state index in [1.54, 1.807) is 48.5 Å². The van der Waals surface area contributed by atoms with Crippen molar-refractivity contribution in [1.82, 2.24) is 14.5 Å². The Balaban J connectivity index is 1.37. The van der Waals surface area contributed by atoms with Gasteiger partial charge in [-0.1, -0.05) is 24.3 Å². The highest BCUT2D eigenvalue weighted by molar-refractivity contribution is 7.92. The van der Waals surface area contributed by atoms with Crippen LogP contribution in [0.2, 0.25) is 0 Å². The fraction of sp³-hybridized carbons (Fsp3) is 0.138. The molecule has 0 amide bonds. The van der Waals surface area contributed by atoms with Crippen LogP contribution in [0, 0.1) is 0 Å². The molecule has 1 aliphatic heterocycles. The number of nitrogens with zero attached hydrogens (tertiary/aromatic N) is 4. The van der Waals surface area contributed by atoms with Crippen LogP contribution >= 0.6 is 0 Å². The molecule has 11 nitrogen and oxygen atoms in total. The van der Waals surface area contributed by atoms with E-state index in [9.17, 15) is 13.2 Å². The molecule has 5 N–H and O–H groups in total. The summed E-state index contributed by atoms with van der Waals surface area (Å²) in [6, 6.07) is 22.5. The Labute approximate surface area is 236 Å². The van der Waals surface area contributed by atoms with Crippen LogP contribution in [-0.2, 0) is 14.8 Å². The van der Waals surface area contributed by atoms with Gasteiger partial charge < -0.3 is 21.1 Å². The average molecular weight is 570 g/mol.